The van der Waals surface area contributed by atoms with Gasteiger partial charge in [-0.25, -0.2) is 4.39 Å². The van der Waals surface area contributed by atoms with Crippen LogP contribution < -0.4 is 0 Å². The molecule has 1 aliphatic rings. The number of rotatable bonds is 5. The smallest absolute Gasteiger partial charge is 0.123 e. The summed E-state index contributed by atoms with van der Waals surface area (Å²) in [5, 5.41) is 10.5. The zero-order valence-electron chi connectivity index (χ0n) is 13.4. The third-order valence-corrected chi connectivity index (χ3v) is 4.79. The number of nitrogens with zero attached hydrogens (tertiary/aromatic N) is 2. The van der Waals surface area contributed by atoms with Gasteiger partial charge in [0.25, 0.3) is 0 Å². The van der Waals surface area contributed by atoms with Crippen molar-refractivity contribution in [1.29, 1.82) is 0 Å². The maximum atomic E-state index is 13.0. The van der Waals surface area contributed by atoms with Crippen molar-refractivity contribution in [2.45, 2.75) is 44.4 Å². The predicted molar refractivity (Wildman–Crippen MR) is 88.4 cm³/mol. The molecular weight excluding hydrogens is 291 g/mol. The Morgan fingerprint density at radius 1 is 1.26 bits per heavy atom. The van der Waals surface area contributed by atoms with Crippen molar-refractivity contribution in [2.75, 3.05) is 6.54 Å². The molecule has 1 fully saturated rings. The first kappa shape index (κ1) is 16.1. The Kier molecular flexibility index (Phi) is 5.03. The molecule has 1 aromatic heterocycles. The number of pyridine rings is 1. The summed E-state index contributed by atoms with van der Waals surface area (Å²) in [7, 11) is 0. The van der Waals surface area contributed by atoms with Gasteiger partial charge in [-0.15, -0.1) is 0 Å². The van der Waals surface area contributed by atoms with Crippen molar-refractivity contribution in [2.24, 2.45) is 0 Å². The molecule has 2 aromatic rings. The first-order valence-electron chi connectivity index (χ1n) is 8.25. The first-order chi connectivity index (χ1) is 11.1. The van der Waals surface area contributed by atoms with Gasteiger partial charge in [0.15, 0.2) is 0 Å². The second-order valence-corrected chi connectivity index (χ2v) is 6.27. The summed E-state index contributed by atoms with van der Waals surface area (Å²) < 4.78 is 13.0. The predicted octanol–water partition coefficient (Wildman–Crippen LogP) is 3.87. The second-order valence-electron chi connectivity index (χ2n) is 6.27. The average molecular weight is 314 g/mol. The first-order valence-corrected chi connectivity index (χ1v) is 8.25. The topological polar surface area (TPSA) is 36.4 Å². The van der Waals surface area contributed by atoms with Gasteiger partial charge in [-0.2, -0.15) is 0 Å². The molecule has 1 aromatic carbocycles. The fourth-order valence-corrected chi connectivity index (χ4v) is 3.49. The van der Waals surface area contributed by atoms with Gasteiger partial charge >= 0.3 is 0 Å². The highest BCUT2D eigenvalue weighted by atomic mass is 19.1. The van der Waals surface area contributed by atoms with E-state index in [0.29, 0.717) is 12.5 Å². The van der Waals surface area contributed by atoms with Crippen LogP contribution in [0.1, 0.15) is 49.6 Å². The number of hydrogen-bond acceptors (Lipinski definition) is 3. The van der Waals surface area contributed by atoms with Crippen molar-refractivity contribution < 1.29 is 9.50 Å². The molecule has 23 heavy (non-hydrogen) atoms. The summed E-state index contributed by atoms with van der Waals surface area (Å²) >= 11 is 0. The highest BCUT2D eigenvalue weighted by Crippen LogP contribution is 2.33. The van der Waals surface area contributed by atoms with E-state index in [0.717, 1.165) is 30.6 Å². The van der Waals surface area contributed by atoms with E-state index < -0.39 is 6.10 Å². The fourth-order valence-electron chi connectivity index (χ4n) is 3.49. The van der Waals surface area contributed by atoms with Crippen molar-refractivity contribution >= 4 is 0 Å². The Balaban J connectivity index is 1.68. The summed E-state index contributed by atoms with van der Waals surface area (Å²) in [5.74, 6) is -0.271. The van der Waals surface area contributed by atoms with E-state index in [1.54, 1.807) is 12.1 Å². The molecule has 3 rings (SSSR count). The van der Waals surface area contributed by atoms with Gasteiger partial charge in [0, 0.05) is 18.3 Å². The van der Waals surface area contributed by atoms with Crippen molar-refractivity contribution in [3.63, 3.8) is 0 Å². The standard InChI is InChI=1S/C19H23FN2O/c1-14(18-6-2-3-11-21-18)22-12-4-5-17(22)13-19(23)15-7-9-16(20)10-8-15/h2-3,6-11,14,17,19,23H,4-5,12-13H2,1H3. The number of halogens is 1. The molecule has 0 amide bonds. The van der Waals surface area contributed by atoms with Crippen LogP contribution in [0.4, 0.5) is 4.39 Å². The Bertz CT molecular complexity index is 617. The van der Waals surface area contributed by atoms with E-state index in [1.807, 2.05) is 18.3 Å². The summed E-state index contributed by atoms with van der Waals surface area (Å²) in [6.45, 7) is 3.20. The molecule has 0 radical (unpaired) electrons. The zero-order chi connectivity index (χ0) is 16.2. The second kappa shape index (κ2) is 7.20. The Morgan fingerprint density at radius 3 is 2.74 bits per heavy atom. The summed E-state index contributed by atoms with van der Waals surface area (Å²) in [5.41, 5.74) is 1.85. The quantitative estimate of drug-likeness (QED) is 0.910. The number of aliphatic hydroxyl groups is 1. The van der Waals surface area contributed by atoms with Crippen LogP contribution in [-0.2, 0) is 0 Å². The molecule has 3 nitrogen and oxygen atoms in total. The lowest BCUT2D eigenvalue weighted by Gasteiger charge is -2.31. The van der Waals surface area contributed by atoms with Crippen LogP contribution in [0.5, 0.6) is 0 Å². The highest BCUT2D eigenvalue weighted by Gasteiger charge is 2.31. The molecule has 4 heteroatoms. The summed E-state index contributed by atoms with van der Waals surface area (Å²) in [4.78, 5) is 6.88. The molecule has 1 N–H and O–H groups in total. The maximum Gasteiger partial charge on any atom is 0.123 e. The lowest BCUT2D eigenvalue weighted by molar-refractivity contribution is 0.102. The zero-order valence-corrected chi connectivity index (χ0v) is 13.4. The van der Waals surface area contributed by atoms with Gasteiger partial charge in [0.1, 0.15) is 5.82 Å². The average Bonchev–Trinajstić information content (AvgIpc) is 3.03. The van der Waals surface area contributed by atoms with Gasteiger partial charge in [-0.1, -0.05) is 18.2 Å². The minimum Gasteiger partial charge on any atom is -0.388 e. The maximum absolute atomic E-state index is 13.0. The number of benzene rings is 1. The lowest BCUT2D eigenvalue weighted by Crippen LogP contribution is -2.33. The Morgan fingerprint density at radius 2 is 2.04 bits per heavy atom. The van der Waals surface area contributed by atoms with Crippen LogP contribution in [0, 0.1) is 5.82 Å². The van der Waals surface area contributed by atoms with Crippen LogP contribution in [0.3, 0.4) is 0 Å². The minimum absolute atomic E-state index is 0.240. The third kappa shape index (κ3) is 3.77. The van der Waals surface area contributed by atoms with Gasteiger partial charge in [-0.3, -0.25) is 9.88 Å². The molecule has 2 heterocycles. The molecule has 0 saturated carbocycles. The van der Waals surface area contributed by atoms with Crippen molar-refractivity contribution in [3.8, 4) is 0 Å². The van der Waals surface area contributed by atoms with E-state index in [2.05, 4.69) is 22.9 Å². The van der Waals surface area contributed by atoms with E-state index in [4.69, 9.17) is 0 Å². The van der Waals surface area contributed by atoms with Gasteiger partial charge in [-0.05, 0) is 62.6 Å². The molecule has 122 valence electrons. The minimum atomic E-state index is -0.558. The molecule has 0 spiro atoms. The number of likely N-dealkylation sites (tertiary alicyclic amines) is 1. The molecule has 1 aliphatic heterocycles. The SMILES string of the molecule is CC(c1ccccn1)N1CCCC1CC(O)c1ccc(F)cc1. The van der Waals surface area contributed by atoms with Crippen LogP contribution >= 0.6 is 0 Å². The van der Waals surface area contributed by atoms with Gasteiger partial charge in [0.05, 0.1) is 11.8 Å². The normalized spacial score (nSPS) is 21.3. The molecule has 1 saturated heterocycles. The molecule has 0 aliphatic carbocycles. The number of aliphatic hydroxyl groups excluding tert-OH is 1. The van der Waals surface area contributed by atoms with Gasteiger partial charge in [0.2, 0.25) is 0 Å². The third-order valence-electron chi connectivity index (χ3n) is 4.79. The fraction of sp³-hybridized carbons (Fsp3) is 0.421. The van der Waals surface area contributed by atoms with Gasteiger partial charge < -0.3 is 5.11 Å². The molecular formula is C19H23FN2O. The van der Waals surface area contributed by atoms with E-state index >= 15 is 0 Å². The Labute approximate surface area is 136 Å². The summed E-state index contributed by atoms with van der Waals surface area (Å²) in [6.07, 6.45) is 4.15. The van der Waals surface area contributed by atoms with Crippen molar-refractivity contribution in [3.05, 3.63) is 65.7 Å². The van der Waals surface area contributed by atoms with Crippen LogP contribution in [-0.4, -0.2) is 27.6 Å². The Hall–Kier alpha value is -1.78. The largest absolute Gasteiger partial charge is 0.388 e. The number of hydrogen-bond donors (Lipinski definition) is 1. The molecule has 3 unspecified atom stereocenters. The molecule has 3 atom stereocenters. The monoisotopic (exact) mass is 314 g/mol. The highest BCUT2D eigenvalue weighted by molar-refractivity contribution is 5.19. The lowest BCUT2D eigenvalue weighted by atomic mass is 9.99. The molecule has 0 bridgehead atoms. The van der Waals surface area contributed by atoms with Crippen LogP contribution in [0.2, 0.25) is 0 Å². The van der Waals surface area contributed by atoms with Crippen molar-refractivity contribution in [1.82, 2.24) is 9.88 Å². The van der Waals surface area contributed by atoms with E-state index in [1.165, 1.54) is 12.1 Å². The van der Waals surface area contributed by atoms with E-state index in [9.17, 15) is 9.50 Å². The van der Waals surface area contributed by atoms with E-state index in [-0.39, 0.29) is 11.9 Å². The van der Waals surface area contributed by atoms with Crippen LogP contribution in [0.15, 0.2) is 48.7 Å². The van der Waals surface area contributed by atoms with Crippen LogP contribution in [0.25, 0.3) is 0 Å². The summed E-state index contributed by atoms with van der Waals surface area (Å²) in [6, 6.07) is 12.7. The number of aromatic nitrogens is 1.